The van der Waals surface area contributed by atoms with Crippen LogP contribution in [-0.4, -0.2) is 88.2 Å². The summed E-state index contributed by atoms with van der Waals surface area (Å²) in [5, 5.41) is 5.69. The Bertz CT molecular complexity index is 2350. The fourth-order valence-electron chi connectivity index (χ4n) is 7.62. The van der Waals surface area contributed by atoms with E-state index in [2.05, 4.69) is 20.3 Å². The quantitative estimate of drug-likeness (QED) is 0.214. The Kier molecular flexibility index (Phi) is 9.98. The van der Waals surface area contributed by atoms with Gasteiger partial charge in [0.1, 0.15) is 40.4 Å². The topological polar surface area (TPSA) is 212 Å². The number of alkyl carbamates (subject to hydrolysis) is 1. The minimum absolute atomic E-state index is 0.0306. The van der Waals surface area contributed by atoms with Crippen LogP contribution in [0.15, 0.2) is 63.6 Å². The number of allylic oxidation sites excluding steroid dienone is 1. The van der Waals surface area contributed by atoms with Gasteiger partial charge in [-0.25, -0.2) is 18.2 Å². The maximum Gasteiger partial charge on any atom is 0.408 e. The van der Waals surface area contributed by atoms with Gasteiger partial charge >= 0.3 is 6.09 Å². The lowest BCUT2D eigenvalue weighted by molar-refractivity contribution is -0.141. The molecule has 302 valence electrons. The lowest BCUT2D eigenvalue weighted by Gasteiger charge is -2.30. The molecule has 57 heavy (non-hydrogen) atoms. The number of rotatable bonds is 7. The molecule has 0 radical (unpaired) electrons. The number of aromatic nitrogens is 2. The van der Waals surface area contributed by atoms with Crippen LogP contribution in [0.2, 0.25) is 0 Å². The SMILES string of the molecule is CC(C)(C)OC(=O)N[C@H]1CCCCCC=C[C@@H]2C[C@@]2(C(=O)NS(=O)(=O)C2CC2)NC(=O)[C@@H]2C[C@@H](Oc3nc(-c4ccco4)nc4c3oc3ccccc34)CN2C1=O. The molecule has 2 aliphatic heterocycles. The van der Waals surface area contributed by atoms with Gasteiger partial charge in [-0.3, -0.25) is 19.1 Å². The predicted octanol–water partition coefficient (Wildman–Crippen LogP) is 4.88. The van der Waals surface area contributed by atoms with Gasteiger partial charge in [-0.2, -0.15) is 4.98 Å². The van der Waals surface area contributed by atoms with E-state index >= 15 is 0 Å². The first-order valence-corrected chi connectivity index (χ1v) is 21.0. The molecule has 1 saturated heterocycles. The first kappa shape index (κ1) is 38.4. The summed E-state index contributed by atoms with van der Waals surface area (Å²) in [5.74, 6) is -1.77. The molecule has 0 unspecified atom stereocenters. The third-order valence-electron chi connectivity index (χ3n) is 10.7. The molecule has 3 fully saturated rings. The summed E-state index contributed by atoms with van der Waals surface area (Å²) in [5.41, 5.74) is -1.08. The number of hydrogen-bond donors (Lipinski definition) is 3. The minimum atomic E-state index is -3.92. The Morgan fingerprint density at radius 2 is 1.84 bits per heavy atom. The van der Waals surface area contributed by atoms with Crippen molar-refractivity contribution in [3.63, 3.8) is 0 Å². The van der Waals surface area contributed by atoms with Crippen LogP contribution in [0.5, 0.6) is 5.88 Å². The Hall–Kier alpha value is -5.45. The van der Waals surface area contributed by atoms with Gasteiger partial charge in [0.15, 0.2) is 11.6 Å². The highest BCUT2D eigenvalue weighted by Gasteiger charge is 2.62. The van der Waals surface area contributed by atoms with Crippen molar-refractivity contribution in [3.05, 3.63) is 54.8 Å². The number of para-hydroxylation sites is 1. The number of fused-ring (bicyclic) bond motifs is 5. The third-order valence-corrected chi connectivity index (χ3v) is 12.6. The molecule has 3 aromatic heterocycles. The van der Waals surface area contributed by atoms with E-state index < -0.39 is 74.3 Å². The standard InChI is InChI=1S/C40H46N6O10S/c1-39(2,3)56-38(50)41-27-14-8-6-4-5-7-12-23-21-40(23,37(49)45-57(51,52)25-17-18-25)44-34(47)28-20-24(22-46(28)36(27)48)54-35-32-31(26-13-9-10-15-29(26)55-32)42-33(43-35)30-16-11-19-53-30/h7,9-13,15-16,19,23-25,27-28H,4-6,8,14,17-18,20-22H2,1-3H3,(H,41,50)(H,44,47)(H,45,49)/t23-,24-,27+,28+,40-/m1/s1. The number of sulfonamides is 1. The zero-order valence-corrected chi connectivity index (χ0v) is 32.8. The molecule has 2 aliphatic carbocycles. The van der Waals surface area contributed by atoms with Crippen molar-refractivity contribution in [2.45, 2.75) is 113 Å². The van der Waals surface area contributed by atoms with E-state index in [0.29, 0.717) is 42.5 Å². The fraction of sp³-hybridized carbons (Fsp3) is 0.500. The fourth-order valence-corrected chi connectivity index (χ4v) is 8.98. The van der Waals surface area contributed by atoms with Gasteiger partial charge in [-0.05, 0) is 83.6 Å². The molecule has 5 heterocycles. The van der Waals surface area contributed by atoms with Crippen LogP contribution in [0.1, 0.15) is 78.6 Å². The van der Waals surface area contributed by atoms with Crippen LogP contribution in [0.3, 0.4) is 0 Å². The number of amides is 4. The number of nitrogens with zero attached hydrogens (tertiary/aromatic N) is 3. The van der Waals surface area contributed by atoms with Crippen molar-refractivity contribution in [1.82, 2.24) is 30.2 Å². The lowest BCUT2D eigenvalue weighted by Crippen LogP contribution is -2.58. The molecule has 4 aromatic rings. The molecular formula is C40H46N6O10S. The summed E-state index contributed by atoms with van der Waals surface area (Å²) in [6.45, 7) is 5.07. The highest BCUT2D eigenvalue weighted by atomic mass is 32.2. The maximum atomic E-state index is 14.6. The summed E-state index contributed by atoms with van der Waals surface area (Å²) in [4.78, 5) is 66.7. The molecule has 2 saturated carbocycles. The molecule has 17 heteroatoms. The molecule has 3 N–H and O–H groups in total. The first-order valence-electron chi connectivity index (χ1n) is 19.5. The Labute approximate surface area is 329 Å². The van der Waals surface area contributed by atoms with E-state index in [9.17, 15) is 27.6 Å². The van der Waals surface area contributed by atoms with Crippen LogP contribution in [-0.2, 0) is 29.1 Å². The summed E-state index contributed by atoms with van der Waals surface area (Å²) >= 11 is 0. The predicted molar refractivity (Wildman–Crippen MR) is 206 cm³/mol. The van der Waals surface area contributed by atoms with Crippen LogP contribution in [0, 0.1) is 5.92 Å². The van der Waals surface area contributed by atoms with Gasteiger partial charge in [0.05, 0.1) is 18.1 Å². The van der Waals surface area contributed by atoms with E-state index in [-0.39, 0.29) is 43.1 Å². The second kappa shape index (κ2) is 14.8. The summed E-state index contributed by atoms with van der Waals surface area (Å²) in [6, 6.07) is 8.54. The third kappa shape index (κ3) is 8.06. The molecular weight excluding hydrogens is 757 g/mol. The number of furan rings is 2. The van der Waals surface area contributed by atoms with Crippen LogP contribution >= 0.6 is 0 Å². The zero-order chi connectivity index (χ0) is 40.1. The number of benzene rings is 1. The summed E-state index contributed by atoms with van der Waals surface area (Å²) in [7, 11) is -3.92. The first-order chi connectivity index (χ1) is 27.2. The molecule has 5 atom stereocenters. The van der Waals surface area contributed by atoms with Crippen molar-refractivity contribution in [2.24, 2.45) is 5.92 Å². The normalized spacial score (nSPS) is 25.8. The number of hydrogen-bond acceptors (Lipinski definition) is 12. The van der Waals surface area contributed by atoms with Gasteiger partial charge in [0.25, 0.3) is 11.8 Å². The molecule has 4 aliphatic rings. The highest BCUT2D eigenvalue weighted by molar-refractivity contribution is 7.91. The number of carbonyl (C=O) groups is 4. The van der Waals surface area contributed by atoms with E-state index in [0.717, 1.165) is 18.2 Å². The monoisotopic (exact) mass is 802 g/mol. The van der Waals surface area contributed by atoms with Crippen molar-refractivity contribution < 1.29 is 45.9 Å². The smallest absolute Gasteiger partial charge is 0.408 e. The Morgan fingerprint density at radius 3 is 2.60 bits per heavy atom. The number of ether oxygens (including phenoxy) is 2. The van der Waals surface area contributed by atoms with Crippen molar-refractivity contribution in [1.29, 1.82) is 0 Å². The average Bonchev–Trinajstić information content (AvgIpc) is 3.94. The Balaban J connectivity index is 1.14. The second-order valence-corrected chi connectivity index (χ2v) is 18.3. The number of nitrogens with one attached hydrogen (secondary N) is 3. The summed E-state index contributed by atoms with van der Waals surface area (Å²) < 4.78 is 51.9. The maximum absolute atomic E-state index is 14.6. The van der Waals surface area contributed by atoms with Gasteiger partial charge < -0.3 is 33.8 Å². The lowest BCUT2D eigenvalue weighted by atomic mass is 10.0. The van der Waals surface area contributed by atoms with E-state index in [1.54, 1.807) is 39.0 Å². The van der Waals surface area contributed by atoms with E-state index in [1.807, 2.05) is 30.4 Å². The van der Waals surface area contributed by atoms with Crippen molar-refractivity contribution >= 4 is 55.9 Å². The Morgan fingerprint density at radius 1 is 1.04 bits per heavy atom. The number of carbonyl (C=O) groups excluding carboxylic acids is 4. The highest BCUT2D eigenvalue weighted by Crippen LogP contribution is 2.46. The summed E-state index contributed by atoms with van der Waals surface area (Å²) in [6.07, 6.45) is 7.83. The molecule has 1 aromatic carbocycles. The van der Waals surface area contributed by atoms with Gasteiger partial charge in [-0.1, -0.05) is 37.1 Å². The minimum Gasteiger partial charge on any atom is -0.470 e. The molecule has 0 bridgehead atoms. The van der Waals surface area contributed by atoms with Crippen LogP contribution < -0.4 is 20.1 Å². The van der Waals surface area contributed by atoms with Crippen LogP contribution in [0.4, 0.5) is 4.79 Å². The largest absolute Gasteiger partial charge is 0.470 e. The zero-order valence-electron chi connectivity index (χ0n) is 32.0. The van der Waals surface area contributed by atoms with Gasteiger partial charge in [-0.15, -0.1) is 0 Å². The van der Waals surface area contributed by atoms with Crippen molar-refractivity contribution in [2.75, 3.05) is 6.54 Å². The van der Waals surface area contributed by atoms with Crippen LogP contribution in [0.25, 0.3) is 33.7 Å². The van der Waals surface area contributed by atoms with Crippen molar-refractivity contribution in [3.8, 4) is 17.5 Å². The van der Waals surface area contributed by atoms with Gasteiger partial charge in [0.2, 0.25) is 27.4 Å². The molecule has 0 spiro atoms. The average molecular weight is 803 g/mol. The van der Waals surface area contributed by atoms with E-state index in [4.69, 9.17) is 23.3 Å². The molecule has 8 rings (SSSR count). The molecule has 4 amide bonds. The van der Waals surface area contributed by atoms with Gasteiger partial charge in [0, 0.05) is 17.7 Å². The second-order valence-electron chi connectivity index (χ2n) is 16.3. The van der Waals surface area contributed by atoms with E-state index in [1.165, 1.54) is 11.2 Å². The molecule has 16 nitrogen and oxygen atoms in total.